The second-order valence-corrected chi connectivity index (χ2v) is 6.81. The lowest BCUT2D eigenvalue weighted by molar-refractivity contribution is -0.142. The van der Waals surface area contributed by atoms with Crippen LogP contribution in [0, 0.1) is 5.41 Å². The van der Waals surface area contributed by atoms with Crippen molar-refractivity contribution in [2.75, 3.05) is 32.7 Å². The highest BCUT2D eigenvalue weighted by Crippen LogP contribution is 2.29. The molecule has 4 heteroatoms. The molecular weight excluding hydrogens is 262 g/mol. The first-order chi connectivity index (χ1) is 10.2. The Morgan fingerprint density at radius 2 is 1.71 bits per heavy atom. The molecule has 0 aromatic carbocycles. The van der Waals surface area contributed by atoms with Crippen molar-refractivity contribution in [3.63, 3.8) is 0 Å². The Morgan fingerprint density at radius 3 is 2.29 bits per heavy atom. The smallest absolute Gasteiger partial charge is 0.230 e. The first-order valence-electron chi connectivity index (χ1n) is 8.90. The van der Waals surface area contributed by atoms with E-state index in [0.717, 1.165) is 51.5 Å². The van der Waals surface area contributed by atoms with Crippen LogP contribution in [-0.2, 0) is 4.79 Å². The van der Waals surface area contributed by atoms with Crippen LogP contribution in [0.25, 0.3) is 0 Å². The van der Waals surface area contributed by atoms with Gasteiger partial charge in [0, 0.05) is 38.8 Å². The Hall–Kier alpha value is -0.610. The van der Waals surface area contributed by atoms with Crippen molar-refractivity contribution in [1.82, 2.24) is 9.80 Å². The van der Waals surface area contributed by atoms with E-state index in [1.165, 1.54) is 25.7 Å². The molecule has 1 saturated carbocycles. The average Bonchev–Trinajstić information content (AvgIpc) is 2.94. The molecule has 0 atom stereocenters. The van der Waals surface area contributed by atoms with Crippen molar-refractivity contribution in [2.45, 2.75) is 64.8 Å². The first kappa shape index (κ1) is 16.8. The zero-order valence-electron chi connectivity index (χ0n) is 13.9. The van der Waals surface area contributed by atoms with Gasteiger partial charge in [0.1, 0.15) is 0 Å². The molecule has 1 amide bonds. The summed E-state index contributed by atoms with van der Waals surface area (Å²) in [6, 6.07) is 0.775. The Kier molecular flexibility index (Phi) is 6.06. The predicted octanol–water partition coefficient (Wildman–Crippen LogP) is 2.23. The summed E-state index contributed by atoms with van der Waals surface area (Å²) in [6.07, 6.45) is 8.27. The number of carbonyl (C=O) groups excluding carboxylic acids is 1. The highest BCUT2D eigenvalue weighted by Gasteiger charge is 2.37. The minimum absolute atomic E-state index is 0.295. The molecule has 21 heavy (non-hydrogen) atoms. The third-order valence-corrected chi connectivity index (χ3v) is 5.86. The molecule has 0 aromatic heterocycles. The van der Waals surface area contributed by atoms with Crippen molar-refractivity contribution in [1.29, 1.82) is 0 Å². The van der Waals surface area contributed by atoms with E-state index >= 15 is 0 Å². The van der Waals surface area contributed by atoms with Crippen LogP contribution in [0.4, 0.5) is 0 Å². The van der Waals surface area contributed by atoms with Gasteiger partial charge in [-0.2, -0.15) is 0 Å². The van der Waals surface area contributed by atoms with E-state index in [1.54, 1.807) is 0 Å². The lowest BCUT2D eigenvalue weighted by atomic mass is 9.81. The van der Waals surface area contributed by atoms with Crippen LogP contribution in [0.2, 0.25) is 0 Å². The quantitative estimate of drug-likeness (QED) is 0.846. The number of nitrogens with zero attached hydrogens (tertiary/aromatic N) is 2. The van der Waals surface area contributed by atoms with Gasteiger partial charge in [-0.05, 0) is 32.1 Å². The van der Waals surface area contributed by atoms with Crippen LogP contribution < -0.4 is 5.73 Å². The van der Waals surface area contributed by atoms with E-state index < -0.39 is 0 Å². The Balaban J connectivity index is 1.96. The van der Waals surface area contributed by atoms with Crippen molar-refractivity contribution >= 4 is 5.91 Å². The largest absolute Gasteiger partial charge is 0.341 e. The van der Waals surface area contributed by atoms with E-state index in [1.807, 2.05) is 0 Å². The van der Waals surface area contributed by atoms with Crippen molar-refractivity contribution in [3.8, 4) is 0 Å². The second kappa shape index (κ2) is 7.59. The molecule has 2 N–H and O–H groups in total. The van der Waals surface area contributed by atoms with Crippen LogP contribution in [0.3, 0.4) is 0 Å². The topological polar surface area (TPSA) is 49.6 Å². The Morgan fingerprint density at radius 1 is 1.05 bits per heavy atom. The van der Waals surface area contributed by atoms with Crippen LogP contribution in [0.5, 0.6) is 0 Å². The summed E-state index contributed by atoms with van der Waals surface area (Å²) < 4.78 is 0. The van der Waals surface area contributed by atoms with E-state index in [2.05, 4.69) is 23.6 Å². The molecular formula is C17H33N3O. The molecule has 2 fully saturated rings. The number of hydrogen-bond acceptors (Lipinski definition) is 3. The third kappa shape index (κ3) is 3.59. The van der Waals surface area contributed by atoms with Crippen molar-refractivity contribution in [3.05, 3.63) is 0 Å². The fourth-order valence-electron chi connectivity index (χ4n) is 4.04. The number of rotatable bonds is 5. The maximum atomic E-state index is 12.9. The van der Waals surface area contributed by atoms with Gasteiger partial charge in [-0.1, -0.05) is 26.7 Å². The molecule has 1 heterocycles. The molecule has 2 rings (SSSR count). The normalized spacial score (nSPS) is 22.5. The lowest BCUT2D eigenvalue weighted by Gasteiger charge is -2.35. The summed E-state index contributed by atoms with van der Waals surface area (Å²) >= 11 is 0. The summed E-state index contributed by atoms with van der Waals surface area (Å²) in [4.78, 5) is 17.6. The molecule has 0 aromatic rings. The van der Waals surface area contributed by atoms with Gasteiger partial charge in [0.05, 0.1) is 5.41 Å². The molecule has 4 nitrogen and oxygen atoms in total. The van der Waals surface area contributed by atoms with E-state index in [-0.39, 0.29) is 5.41 Å². The van der Waals surface area contributed by atoms with Crippen LogP contribution >= 0.6 is 0 Å². The first-order valence-corrected chi connectivity index (χ1v) is 8.90. The number of hydrogen-bond donors (Lipinski definition) is 1. The average molecular weight is 295 g/mol. The third-order valence-electron chi connectivity index (χ3n) is 5.86. The minimum Gasteiger partial charge on any atom is -0.341 e. The summed E-state index contributed by atoms with van der Waals surface area (Å²) in [7, 11) is 0. The summed E-state index contributed by atoms with van der Waals surface area (Å²) in [5.74, 6) is 0.295. The van der Waals surface area contributed by atoms with Crippen molar-refractivity contribution < 1.29 is 4.79 Å². The summed E-state index contributed by atoms with van der Waals surface area (Å²) in [5.41, 5.74) is 5.61. The zero-order valence-corrected chi connectivity index (χ0v) is 13.9. The SMILES string of the molecule is CCC(CC)(CN)C(=O)N1CCCN(C2CCCC2)CC1. The summed E-state index contributed by atoms with van der Waals surface area (Å²) in [5, 5.41) is 0. The predicted molar refractivity (Wildman–Crippen MR) is 87.1 cm³/mol. The standard InChI is InChI=1S/C17H33N3O/c1-3-17(4-2,14-18)16(21)20-11-7-10-19(12-13-20)15-8-5-6-9-15/h15H,3-14,18H2,1-2H3. The molecule has 0 bridgehead atoms. The molecule has 0 spiro atoms. The van der Waals surface area contributed by atoms with E-state index in [9.17, 15) is 4.79 Å². The lowest BCUT2D eigenvalue weighted by Crippen LogP contribution is -2.49. The van der Waals surface area contributed by atoms with Gasteiger partial charge < -0.3 is 10.6 Å². The number of nitrogens with two attached hydrogens (primary N) is 1. The fraction of sp³-hybridized carbons (Fsp3) is 0.941. The summed E-state index contributed by atoms with van der Waals surface area (Å²) in [6.45, 7) is 8.66. The highest BCUT2D eigenvalue weighted by molar-refractivity contribution is 5.83. The van der Waals surface area contributed by atoms with Gasteiger partial charge in [0.15, 0.2) is 0 Å². The van der Waals surface area contributed by atoms with Gasteiger partial charge in [0.25, 0.3) is 0 Å². The van der Waals surface area contributed by atoms with Gasteiger partial charge in [-0.3, -0.25) is 9.69 Å². The van der Waals surface area contributed by atoms with Gasteiger partial charge in [-0.15, -0.1) is 0 Å². The molecule has 122 valence electrons. The fourth-order valence-corrected chi connectivity index (χ4v) is 4.04. The highest BCUT2D eigenvalue weighted by atomic mass is 16.2. The molecule has 1 saturated heterocycles. The van der Waals surface area contributed by atoms with Gasteiger partial charge in [-0.25, -0.2) is 0 Å². The van der Waals surface area contributed by atoms with Gasteiger partial charge in [0.2, 0.25) is 5.91 Å². The maximum absolute atomic E-state index is 12.9. The molecule has 2 aliphatic rings. The molecule has 0 radical (unpaired) electrons. The molecule has 0 unspecified atom stereocenters. The van der Waals surface area contributed by atoms with Crippen LogP contribution in [0.1, 0.15) is 58.8 Å². The molecule has 1 aliphatic heterocycles. The van der Waals surface area contributed by atoms with Gasteiger partial charge >= 0.3 is 0 Å². The monoisotopic (exact) mass is 295 g/mol. The van der Waals surface area contributed by atoms with E-state index in [4.69, 9.17) is 5.73 Å². The Labute approximate surface area is 130 Å². The second-order valence-electron chi connectivity index (χ2n) is 6.81. The Bertz CT molecular complexity index is 327. The number of amides is 1. The van der Waals surface area contributed by atoms with Crippen LogP contribution in [0.15, 0.2) is 0 Å². The molecule has 1 aliphatic carbocycles. The van der Waals surface area contributed by atoms with E-state index in [0.29, 0.717) is 12.5 Å². The van der Waals surface area contributed by atoms with Crippen molar-refractivity contribution in [2.24, 2.45) is 11.1 Å². The number of carbonyl (C=O) groups is 1. The van der Waals surface area contributed by atoms with Crippen LogP contribution in [-0.4, -0.2) is 54.5 Å². The zero-order chi connectivity index (χ0) is 15.3. The maximum Gasteiger partial charge on any atom is 0.230 e. The minimum atomic E-state index is -0.331.